The summed E-state index contributed by atoms with van der Waals surface area (Å²) in [7, 11) is 1.83. The van der Waals surface area contributed by atoms with Crippen LogP contribution in [0.3, 0.4) is 0 Å². The van der Waals surface area contributed by atoms with Gasteiger partial charge >= 0.3 is 0 Å². The predicted molar refractivity (Wildman–Crippen MR) is 74.9 cm³/mol. The highest BCUT2D eigenvalue weighted by Crippen LogP contribution is 2.21. The number of carbonyl (C=O) groups excluding carboxylic acids is 1. The van der Waals surface area contributed by atoms with Gasteiger partial charge in [-0.05, 0) is 31.3 Å². The van der Waals surface area contributed by atoms with E-state index in [-0.39, 0.29) is 18.1 Å². The Morgan fingerprint density at radius 3 is 2.50 bits per heavy atom. The highest BCUT2D eigenvalue weighted by Gasteiger charge is 2.31. The summed E-state index contributed by atoms with van der Waals surface area (Å²) in [5.41, 5.74) is -0.198. The zero-order valence-electron chi connectivity index (χ0n) is 11.7. The second kappa shape index (κ2) is 6.35. The van der Waals surface area contributed by atoms with E-state index in [0.717, 1.165) is 0 Å². The van der Waals surface area contributed by atoms with Crippen LogP contribution < -0.4 is 0 Å². The maximum absolute atomic E-state index is 12.1. The average molecular weight is 279 g/mol. The Balaban J connectivity index is 1.89. The van der Waals surface area contributed by atoms with E-state index in [4.69, 9.17) is 4.74 Å². The fraction of sp³-hybridized carbons (Fsp3) is 0.533. The topological polar surface area (TPSA) is 70.0 Å². The first kappa shape index (κ1) is 15.0. The minimum absolute atomic E-state index is 0.0249. The molecule has 0 bridgehead atoms. The number of rotatable bonds is 5. The van der Waals surface area contributed by atoms with Crippen LogP contribution in [0.25, 0.3) is 0 Å². The maximum atomic E-state index is 12.1. The summed E-state index contributed by atoms with van der Waals surface area (Å²) in [6, 6.07) is 6.21. The van der Waals surface area contributed by atoms with Crippen molar-refractivity contribution < 1.29 is 19.7 Å². The van der Waals surface area contributed by atoms with E-state index < -0.39 is 5.60 Å². The molecule has 0 radical (unpaired) electrons. The molecule has 5 nitrogen and oxygen atoms in total. The third kappa shape index (κ3) is 4.03. The van der Waals surface area contributed by atoms with Crippen molar-refractivity contribution in [3.05, 3.63) is 29.8 Å². The zero-order valence-corrected chi connectivity index (χ0v) is 11.7. The minimum Gasteiger partial charge on any atom is -0.508 e. The number of hydrogen-bond acceptors (Lipinski definition) is 5. The Kier molecular flexibility index (Phi) is 4.75. The van der Waals surface area contributed by atoms with Gasteiger partial charge in [-0.25, -0.2) is 0 Å². The number of ketones is 1. The van der Waals surface area contributed by atoms with E-state index in [1.165, 1.54) is 12.1 Å². The molecule has 1 fully saturated rings. The number of likely N-dealkylation sites (N-methyl/N-ethyl adjacent to an activating group) is 1. The molecule has 1 aromatic carbocycles. The van der Waals surface area contributed by atoms with Crippen molar-refractivity contribution in [2.75, 3.05) is 33.4 Å². The molecule has 1 heterocycles. The standard InChI is InChI=1S/C15H21NO4/c1-16(11-15(19)6-8-20-9-7-15)10-14(18)12-2-4-13(17)5-3-12/h2-5,17,19H,6-11H2,1H3. The molecule has 110 valence electrons. The minimum atomic E-state index is -0.762. The van der Waals surface area contributed by atoms with Gasteiger partial charge in [0.25, 0.3) is 0 Å². The van der Waals surface area contributed by atoms with Crippen LogP contribution in [0.4, 0.5) is 0 Å². The van der Waals surface area contributed by atoms with Gasteiger partial charge < -0.3 is 14.9 Å². The van der Waals surface area contributed by atoms with Crippen LogP contribution in [-0.4, -0.2) is 59.8 Å². The second-order valence-corrected chi connectivity index (χ2v) is 5.48. The summed E-state index contributed by atoms with van der Waals surface area (Å²) in [6.07, 6.45) is 1.20. The number of carbonyl (C=O) groups is 1. The van der Waals surface area contributed by atoms with Crippen molar-refractivity contribution in [3.8, 4) is 5.75 Å². The van der Waals surface area contributed by atoms with Crippen LogP contribution in [0, 0.1) is 0 Å². The Morgan fingerprint density at radius 2 is 1.90 bits per heavy atom. The molecule has 0 aromatic heterocycles. The number of ether oxygens (including phenoxy) is 1. The van der Waals surface area contributed by atoms with E-state index in [0.29, 0.717) is 38.2 Å². The smallest absolute Gasteiger partial charge is 0.176 e. The van der Waals surface area contributed by atoms with Crippen LogP contribution in [-0.2, 0) is 4.74 Å². The fourth-order valence-electron chi connectivity index (χ4n) is 2.45. The summed E-state index contributed by atoms with van der Waals surface area (Å²) >= 11 is 0. The normalized spacial score (nSPS) is 18.1. The number of benzene rings is 1. The number of aliphatic hydroxyl groups is 1. The monoisotopic (exact) mass is 279 g/mol. The highest BCUT2D eigenvalue weighted by atomic mass is 16.5. The van der Waals surface area contributed by atoms with Crippen molar-refractivity contribution in [1.82, 2.24) is 4.90 Å². The number of phenolic OH excluding ortho intramolecular Hbond substituents is 1. The third-order valence-electron chi connectivity index (χ3n) is 3.59. The molecular formula is C15H21NO4. The van der Waals surface area contributed by atoms with Crippen LogP contribution in [0.1, 0.15) is 23.2 Å². The average Bonchev–Trinajstić information content (AvgIpc) is 2.39. The molecule has 1 aliphatic rings. The Morgan fingerprint density at radius 1 is 1.30 bits per heavy atom. The quantitative estimate of drug-likeness (QED) is 0.788. The number of hydrogen-bond donors (Lipinski definition) is 2. The van der Waals surface area contributed by atoms with Crippen molar-refractivity contribution in [2.24, 2.45) is 0 Å². The van der Waals surface area contributed by atoms with Gasteiger partial charge in [0.1, 0.15) is 5.75 Å². The molecule has 0 unspecified atom stereocenters. The summed E-state index contributed by atoms with van der Waals surface area (Å²) in [4.78, 5) is 13.9. The number of aromatic hydroxyl groups is 1. The lowest BCUT2D eigenvalue weighted by Crippen LogP contribution is -2.46. The molecule has 0 aliphatic carbocycles. The van der Waals surface area contributed by atoms with Crippen LogP contribution in [0.2, 0.25) is 0 Å². The molecule has 20 heavy (non-hydrogen) atoms. The van der Waals surface area contributed by atoms with Gasteiger partial charge in [-0.1, -0.05) is 0 Å². The molecule has 0 atom stereocenters. The fourth-order valence-corrected chi connectivity index (χ4v) is 2.45. The second-order valence-electron chi connectivity index (χ2n) is 5.48. The molecule has 0 amide bonds. The van der Waals surface area contributed by atoms with Crippen molar-refractivity contribution >= 4 is 5.78 Å². The van der Waals surface area contributed by atoms with Crippen molar-refractivity contribution in [1.29, 1.82) is 0 Å². The SMILES string of the molecule is CN(CC(=O)c1ccc(O)cc1)CC1(O)CCOCC1. The first-order valence-corrected chi connectivity index (χ1v) is 6.79. The first-order chi connectivity index (χ1) is 9.48. The van der Waals surface area contributed by atoms with Gasteiger partial charge in [0, 0.05) is 38.2 Å². The number of Topliss-reactive ketones (excluding diaryl/α,β-unsaturated/α-hetero) is 1. The van der Waals surface area contributed by atoms with E-state index in [1.807, 2.05) is 11.9 Å². The first-order valence-electron chi connectivity index (χ1n) is 6.79. The molecule has 2 N–H and O–H groups in total. The molecule has 1 aromatic rings. The van der Waals surface area contributed by atoms with Gasteiger partial charge in [0.05, 0.1) is 12.1 Å². The molecule has 1 aliphatic heterocycles. The lowest BCUT2D eigenvalue weighted by atomic mass is 9.94. The zero-order chi connectivity index (χ0) is 14.6. The highest BCUT2D eigenvalue weighted by molar-refractivity contribution is 5.97. The van der Waals surface area contributed by atoms with E-state index in [1.54, 1.807) is 12.1 Å². The van der Waals surface area contributed by atoms with Gasteiger partial charge in [-0.3, -0.25) is 9.69 Å². The van der Waals surface area contributed by atoms with Crippen LogP contribution in [0.15, 0.2) is 24.3 Å². The molecular weight excluding hydrogens is 258 g/mol. The molecule has 0 saturated carbocycles. The van der Waals surface area contributed by atoms with Gasteiger partial charge in [-0.2, -0.15) is 0 Å². The van der Waals surface area contributed by atoms with E-state index >= 15 is 0 Å². The summed E-state index contributed by atoms with van der Waals surface area (Å²) in [5.74, 6) is 0.120. The Bertz CT molecular complexity index is 451. The van der Waals surface area contributed by atoms with Crippen molar-refractivity contribution in [3.63, 3.8) is 0 Å². The largest absolute Gasteiger partial charge is 0.508 e. The summed E-state index contributed by atoms with van der Waals surface area (Å²) in [6.45, 7) is 1.83. The molecule has 2 rings (SSSR count). The Hall–Kier alpha value is -1.43. The molecule has 0 spiro atoms. The Labute approximate surface area is 118 Å². The van der Waals surface area contributed by atoms with Crippen LogP contribution >= 0.6 is 0 Å². The van der Waals surface area contributed by atoms with Gasteiger partial charge in [0.15, 0.2) is 5.78 Å². The van der Waals surface area contributed by atoms with Gasteiger partial charge in [-0.15, -0.1) is 0 Å². The summed E-state index contributed by atoms with van der Waals surface area (Å²) in [5, 5.41) is 19.6. The predicted octanol–water partition coefficient (Wildman–Crippen LogP) is 1.05. The lowest BCUT2D eigenvalue weighted by Gasteiger charge is -2.35. The van der Waals surface area contributed by atoms with E-state index in [9.17, 15) is 15.0 Å². The molecule has 5 heteroatoms. The number of nitrogens with zero attached hydrogens (tertiary/aromatic N) is 1. The lowest BCUT2D eigenvalue weighted by molar-refractivity contribution is -0.0758. The number of phenols is 1. The third-order valence-corrected chi connectivity index (χ3v) is 3.59. The maximum Gasteiger partial charge on any atom is 0.176 e. The molecule has 1 saturated heterocycles. The van der Waals surface area contributed by atoms with Crippen LogP contribution in [0.5, 0.6) is 5.75 Å². The van der Waals surface area contributed by atoms with E-state index in [2.05, 4.69) is 0 Å². The van der Waals surface area contributed by atoms with Crippen molar-refractivity contribution in [2.45, 2.75) is 18.4 Å². The summed E-state index contributed by atoms with van der Waals surface area (Å²) < 4.78 is 5.24. The van der Waals surface area contributed by atoms with Gasteiger partial charge in [0.2, 0.25) is 0 Å².